The second-order valence-electron chi connectivity index (χ2n) is 5.62. The summed E-state index contributed by atoms with van der Waals surface area (Å²) in [5, 5.41) is 12.1. The van der Waals surface area contributed by atoms with Crippen LogP contribution in [0.4, 0.5) is 5.82 Å². The molecule has 3 rings (SSSR count). The van der Waals surface area contributed by atoms with E-state index in [2.05, 4.69) is 15.2 Å². The first-order valence-electron chi connectivity index (χ1n) is 7.38. The van der Waals surface area contributed by atoms with Crippen LogP contribution in [0.5, 0.6) is 0 Å². The van der Waals surface area contributed by atoms with Gasteiger partial charge in [0.1, 0.15) is 5.82 Å². The number of hydrogen-bond acceptors (Lipinski definition) is 4. The summed E-state index contributed by atoms with van der Waals surface area (Å²) in [5.41, 5.74) is 1.03. The summed E-state index contributed by atoms with van der Waals surface area (Å²) >= 11 is 0. The Labute approximate surface area is 123 Å². The molecule has 1 aromatic heterocycles. The molecule has 0 aliphatic carbocycles. The second-order valence-corrected chi connectivity index (χ2v) is 5.62. The molecule has 2 saturated heterocycles. The van der Waals surface area contributed by atoms with Crippen molar-refractivity contribution in [2.24, 2.45) is 5.92 Å². The molecule has 6 nitrogen and oxygen atoms in total. The molecule has 0 bridgehead atoms. The van der Waals surface area contributed by atoms with Gasteiger partial charge in [0.15, 0.2) is 0 Å². The lowest BCUT2D eigenvalue weighted by molar-refractivity contribution is -0.123. The number of carboxylic acids is 1. The van der Waals surface area contributed by atoms with Crippen molar-refractivity contribution in [1.29, 1.82) is 0 Å². The summed E-state index contributed by atoms with van der Waals surface area (Å²) in [4.78, 5) is 29.8. The SMILES string of the molecule is CCc1cc(C(=O)O)cc(N2CCCC3C(=O)NCC32)n1. The van der Waals surface area contributed by atoms with Gasteiger partial charge in [-0.2, -0.15) is 0 Å². The van der Waals surface area contributed by atoms with Gasteiger partial charge < -0.3 is 15.3 Å². The molecular formula is C15H19N3O3. The van der Waals surface area contributed by atoms with E-state index in [4.69, 9.17) is 0 Å². The third-order valence-corrected chi connectivity index (χ3v) is 4.37. The monoisotopic (exact) mass is 289 g/mol. The lowest BCUT2D eigenvalue weighted by Gasteiger charge is -2.37. The number of anilines is 1. The number of rotatable bonds is 3. The van der Waals surface area contributed by atoms with Gasteiger partial charge in [0.25, 0.3) is 0 Å². The largest absolute Gasteiger partial charge is 0.478 e. The highest BCUT2D eigenvalue weighted by Crippen LogP contribution is 2.31. The standard InChI is InChI=1S/C15H19N3O3/c1-2-10-6-9(15(20)21)7-13(17-10)18-5-3-4-11-12(18)8-16-14(11)19/h6-7,11-12H,2-5,8H2,1H3,(H,16,19)(H,20,21). The number of aromatic carboxylic acids is 1. The van der Waals surface area contributed by atoms with Gasteiger partial charge in [-0.05, 0) is 31.4 Å². The number of piperidine rings is 1. The Hall–Kier alpha value is -2.11. The number of carboxylic acid groups (broad SMARTS) is 1. The second kappa shape index (κ2) is 5.35. The summed E-state index contributed by atoms with van der Waals surface area (Å²) in [6.45, 7) is 3.39. The molecule has 2 unspecified atom stereocenters. The van der Waals surface area contributed by atoms with E-state index >= 15 is 0 Å². The van der Waals surface area contributed by atoms with Gasteiger partial charge in [0.05, 0.1) is 17.5 Å². The van der Waals surface area contributed by atoms with E-state index in [-0.39, 0.29) is 23.4 Å². The average molecular weight is 289 g/mol. The van der Waals surface area contributed by atoms with Crippen LogP contribution in [0.25, 0.3) is 0 Å². The summed E-state index contributed by atoms with van der Waals surface area (Å²) in [6.07, 6.45) is 2.51. The molecule has 6 heteroatoms. The maximum Gasteiger partial charge on any atom is 0.335 e. The smallest absolute Gasteiger partial charge is 0.335 e. The minimum absolute atomic E-state index is 0.000823. The van der Waals surface area contributed by atoms with Crippen molar-refractivity contribution in [2.75, 3.05) is 18.0 Å². The molecule has 2 N–H and O–H groups in total. The van der Waals surface area contributed by atoms with E-state index in [1.54, 1.807) is 12.1 Å². The highest BCUT2D eigenvalue weighted by Gasteiger charge is 2.41. The molecule has 3 heterocycles. The van der Waals surface area contributed by atoms with Crippen molar-refractivity contribution < 1.29 is 14.7 Å². The summed E-state index contributed by atoms with van der Waals surface area (Å²) < 4.78 is 0. The third-order valence-electron chi connectivity index (χ3n) is 4.37. The number of fused-ring (bicyclic) bond motifs is 1. The van der Waals surface area contributed by atoms with E-state index in [1.807, 2.05) is 6.92 Å². The van der Waals surface area contributed by atoms with Crippen LogP contribution in [0.2, 0.25) is 0 Å². The molecule has 2 atom stereocenters. The number of pyridine rings is 1. The molecule has 1 amide bonds. The van der Waals surface area contributed by atoms with Crippen molar-refractivity contribution in [3.8, 4) is 0 Å². The minimum Gasteiger partial charge on any atom is -0.478 e. The quantitative estimate of drug-likeness (QED) is 0.869. The van der Waals surface area contributed by atoms with Crippen LogP contribution in [0.3, 0.4) is 0 Å². The zero-order chi connectivity index (χ0) is 15.0. The third kappa shape index (κ3) is 2.46. The number of carbonyl (C=O) groups is 2. The first-order chi connectivity index (χ1) is 10.1. The molecule has 21 heavy (non-hydrogen) atoms. The van der Waals surface area contributed by atoms with Crippen molar-refractivity contribution in [3.63, 3.8) is 0 Å². The molecule has 0 radical (unpaired) electrons. The van der Waals surface area contributed by atoms with E-state index in [0.717, 1.165) is 25.1 Å². The topological polar surface area (TPSA) is 82.5 Å². The van der Waals surface area contributed by atoms with Crippen molar-refractivity contribution >= 4 is 17.7 Å². The van der Waals surface area contributed by atoms with Gasteiger partial charge in [-0.3, -0.25) is 4.79 Å². The Morgan fingerprint density at radius 3 is 3.05 bits per heavy atom. The van der Waals surface area contributed by atoms with Crippen LogP contribution in [0, 0.1) is 5.92 Å². The van der Waals surface area contributed by atoms with Crippen molar-refractivity contribution in [3.05, 3.63) is 23.4 Å². The number of nitrogens with zero attached hydrogens (tertiary/aromatic N) is 2. The Morgan fingerprint density at radius 2 is 2.33 bits per heavy atom. The van der Waals surface area contributed by atoms with Crippen LogP contribution < -0.4 is 10.2 Å². The van der Waals surface area contributed by atoms with Crippen molar-refractivity contribution in [1.82, 2.24) is 10.3 Å². The highest BCUT2D eigenvalue weighted by molar-refractivity contribution is 5.89. The lowest BCUT2D eigenvalue weighted by atomic mass is 9.91. The van der Waals surface area contributed by atoms with Crippen LogP contribution in [-0.4, -0.2) is 41.1 Å². The molecule has 0 saturated carbocycles. The van der Waals surface area contributed by atoms with Gasteiger partial charge in [-0.15, -0.1) is 0 Å². The van der Waals surface area contributed by atoms with Crippen LogP contribution in [0.15, 0.2) is 12.1 Å². The molecule has 2 fully saturated rings. The van der Waals surface area contributed by atoms with Gasteiger partial charge >= 0.3 is 5.97 Å². The van der Waals surface area contributed by atoms with Crippen LogP contribution in [0.1, 0.15) is 35.8 Å². The lowest BCUT2D eigenvalue weighted by Crippen LogP contribution is -2.46. The Bertz CT molecular complexity index is 588. The summed E-state index contributed by atoms with van der Waals surface area (Å²) in [7, 11) is 0. The average Bonchev–Trinajstić information content (AvgIpc) is 2.88. The number of carbonyl (C=O) groups excluding carboxylic acids is 1. The molecule has 2 aliphatic heterocycles. The van der Waals surface area contributed by atoms with Gasteiger partial charge in [0, 0.05) is 18.8 Å². The Morgan fingerprint density at radius 1 is 1.52 bits per heavy atom. The van der Waals surface area contributed by atoms with E-state index < -0.39 is 5.97 Å². The summed E-state index contributed by atoms with van der Waals surface area (Å²) in [6, 6.07) is 3.32. The minimum atomic E-state index is -0.942. The number of aryl methyl sites for hydroxylation is 1. The molecule has 2 aliphatic rings. The number of amides is 1. The fourth-order valence-electron chi connectivity index (χ4n) is 3.26. The molecule has 112 valence electrons. The zero-order valence-electron chi connectivity index (χ0n) is 12.0. The fourth-order valence-corrected chi connectivity index (χ4v) is 3.26. The number of nitrogens with one attached hydrogen (secondary N) is 1. The molecule has 0 aromatic carbocycles. The first kappa shape index (κ1) is 13.9. The highest BCUT2D eigenvalue weighted by atomic mass is 16.4. The van der Waals surface area contributed by atoms with E-state index in [1.165, 1.54) is 0 Å². The zero-order valence-corrected chi connectivity index (χ0v) is 12.0. The van der Waals surface area contributed by atoms with Crippen molar-refractivity contribution in [2.45, 2.75) is 32.2 Å². The van der Waals surface area contributed by atoms with E-state index in [9.17, 15) is 14.7 Å². The fraction of sp³-hybridized carbons (Fsp3) is 0.533. The molecule has 0 spiro atoms. The molecule has 1 aromatic rings. The predicted octanol–water partition coefficient (Wildman–Crippen LogP) is 1.06. The number of hydrogen-bond donors (Lipinski definition) is 2. The maximum absolute atomic E-state index is 11.8. The predicted molar refractivity (Wildman–Crippen MR) is 77.4 cm³/mol. The molecular weight excluding hydrogens is 270 g/mol. The number of aromatic nitrogens is 1. The van der Waals surface area contributed by atoms with Crippen LogP contribution >= 0.6 is 0 Å². The maximum atomic E-state index is 11.8. The van der Waals surface area contributed by atoms with Crippen LogP contribution in [-0.2, 0) is 11.2 Å². The van der Waals surface area contributed by atoms with Gasteiger partial charge in [-0.1, -0.05) is 6.92 Å². The Kier molecular flexibility index (Phi) is 3.53. The normalized spacial score (nSPS) is 24.6. The van der Waals surface area contributed by atoms with Gasteiger partial charge in [-0.25, -0.2) is 9.78 Å². The summed E-state index contributed by atoms with van der Waals surface area (Å²) in [5.74, 6) is -0.158. The Balaban J connectivity index is 1.97. The first-order valence-corrected chi connectivity index (χ1v) is 7.38. The van der Waals surface area contributed by atoms with Gasteiger partial charge in [0.2, 0.25) is 5.91 Å². The van der Waals surface area contributed by atoms with E-state index in [0.29, 0.717) is 18.8 Å².